The lowest BCUT2D eigenvalue weighted by molar-refractivity contribution is 0.101. The third kappa shape index (κ3) is 2.57. The summed E-state index contributed by atoms with van der Waals surface area (Å²) in [6.07, 6.45) is 0. The van der Waals surface area contributed by atoms with E-state index in [1.165, 1.54) is 0 Å². The molecule has 0 bridgehead atoms. The topological polar surface area (TPSA) is 92.9 Å². The van der Waals surface area contributed by atoms with Crippen molar-refractivity contribution in [1.29, 1.82) is 0 Å². The molecule has 17 heavy (non-hydrogen) atoms. The maximum Gasteiger partial charge on any atom is 0.328 e. The molecule has 0 aliphatic rings. The Morgan fingerprint density at radius 2 is 2.18 bits per heavy atom. The number of carbonyl (C=O) groups excluding carboxylic acids is 1. The van der Waals surface area contributed by atoms with Crippen LogP contribution in [0.5, 0.6) is 0 Å². The lowest BCUT2D eigenvalue weighted by Gasteiger charge is -2.02. The Labute approximate surface area is 97.2 Å². The quantitative estimate of drug-likeness (QED) is 0.823. The van der Waals surface area contributed by atoms with Gasteiger partial charge < -0.3 is 9.84 Å². The summed E-state index contributed by atoms with van der Waals surface area (Å²) >= 11 is 0. The molecular weight excluding hydrogens is 222 g/mol. The van der Waals surface area contributed by atoms with E-state index < -0.39 is 5.91 Å². The number of hydrogen-bond donors (Lipinski definition) is 2. The van der Waals surface area contributed by atoms with Gasteiger partial charge in [-0.1, -0.05) is 11.2 Å². The molecule has 0 saturated heterocycles. The summed E-state index contributed by atoms with van der Waals surface area (Å²) in [6.45, 7) is 1.67. The molecule has 1 amide bonds. The Balaban J connectivity index is 2.14. The standard InChI is InChI=1S/C10H11N5O2/c1-6-12-10(17-15-6)14-9(16)7-4-3-5-8(11-2)13-7/h3-5H,1-2H3,(H,11,13)(H,12,14,15,16). The minimum absolute atomic E-state index is 0.0594. The van der Waals surface area contributed by atoms with E-state index in [0.717, 1.165) is 0 Å². The lowest BCUT2D eigenvalue weighted by atomic mass is 10.3. The zero-order valence-electron chi connectivity index (χ0n) is 9.39. The van der Waals surface area contributed by atoms with Crippen LogP contribution in [0.3, 0.4) is 0 Å². The number of amides is 1. The fourth-order valence-corrected chi connectivity index (χ4v) is 1.21. The fourth-order valence-electron chi connectivity index (χ4n) is 1.21. The maximum absolute atomic E-state index is 11.8. The summed E-state index contributed by atoms with van der Waals surface area (Å²) in [5.41, 5.74) is 0.271. The largest absolute Gasteiger partial charge is 0.373 e. The Hall–Kier alpha value is -2.44. The van der Waals surface area contributed by atoms with Crippen molar-refractivity contribution in [1.82, 2.24) is 15.1 Å². The summed E-state index contributed by atoms with van der Waals surface area (Å²) in [4.78, 5) is 19.7. The van der Waals surface area contributed by atoms with Gasteiger partial charge in [0.2, 0.25) is 0 Å². The molecule has 7 nitrogen and oxygen atoms in total. The second kappa shape index (κ2) is 4.60. The van der Waals surface area contributed by atoms with Gasteiger partial charge in [-0.3, -0.25) is 10.1 Å². The number of hydrogen-bond acceptors (Lipinski definition) is 6. The smallest absolute Gasteiger partial charge is 0.328 e. The number of rotatable bonds is 3. The number of aryl methyl sites for hydroxylation is 1. The van der Waals surface area contributed by atoms with Gasteiger partial charge in [0.05, 0.1) is 0 Å². The van der Waals surface area contributed by atoms with Gasteiger partial charge in [0.1, 0.15) is 11.5 Å². The first-order valence-electron chi connectivity index (χ1n) is 4.95. The number of carbonyl (C=O) groups is 1. The van der Waals surface area contributed by atoms with E-state index in [2.05, 4.69) is 25.8 Å². The summed E-state index contributed by atoms with van der Waals surface area (Å²) in [6, 6.07) is 5.14. The highest BCUT2D eigenvalue weighted by atomic mass is 16.5. The minimum Gasteiger partial charge on any atom is -0.373 e. The molecule has 0 aromatic carbocycles. The lowest BCUT2D eigenvalue weighted by Crippen LogP contribution is -2.14. The highest BCUT2D eigenvalue weighted by molar-refractivity contribution is 6.01. The Kier molecular flexibility index (Phi) is 2.99. The third-order valence-electron chi connectivity index (χ3n) is 1.99. The molecule has 0 spiro atoms. The average molecular weight is 233 g/mol. The van der Waals surface area contributed by atoms with E-state index in [4.69, 9.17) is 4.52 Å². The van der Waals surface area contributed by atoms with Gasteiger partial charge in [-0.25, -0.2) is 4.98 Å². The highest BCUT2D eigenvalue weighted by Crippen LogP contribution is 2.07. The first-order chi connectivity index (χ1) is 8.19. The second-order valence-corrected chi connectivity index (χ2v) is 3.26. The summed E-state index contributed by atoms with van der Waals surface area (Å²) in [5.74, 6) is 0.669. The van der Waals surface area contributed by atoms with E-state index in [-0.39, 0.29) is 11.7 Å². The van der Waals surface area contributed by atoms with Crippen LogP contribution in [0.1, 0.15) is 16.3 Å². The van der Waals surface area contributed by atoms with Crippen LogP contribution >= 0.6 is 0 Å². The van der Waals surface area contributed by atoms with Crippen molar-refractivity contribution in [3.63, 3.8) is 0 Å². The van der Waals surface area contributed by atoms with E-state index in [9.17, 15) is 4.79 Å². The van der Waals surface area contributed by atoms with Crippen LogP contribution < -0.4 is 10.6 Å². The van der Waals surface area contributed by atoms with Gasteiger partial charge >= 0.3 is 6.01 Å². The zero-order chi connectivity index (χ0) is 12.3. The van der Waals surface area contributed by atoms with Gasteiger partial charge in [0, 0.05) is 7.05 Å². The van der Waals surface area contributed by atoms with Crippen molar-refractivity contribution in [2.45, 2.75) is 6.92 Å². The molecule has 2 aromatic rings. The van der Waals surface area contributed by atoms with Crippen LogP contribution in [0.25, 0.3) is 0 Å². The molecule has 0 aliphatic carbocycles. The first-order valence-corrected chi connectivity index (χ1v) is 4.95. The van der Waals surface area contributed by atoms with Crippen molar-refractivity contribution in [2.24, 2.45) is 0 Å². The summed E-state index contributed by atoms with van der Waals surface area (Å²) < 4.78 is 4.78. The fraction of sp³-hybridized carbons (Fsp3) is 0.200. The molecular formula is C10H11N5O2. The second-order valence-electron chi connectivity index (χ2n) is 3.26. The molecule has 2 N–H and O–H groups in total. The summed E-state index contributed by atoms with van der Waals surface area (Å²) in [7, 11) is 1.73. The van der Waals surface area contributed by atoms with Crippen LogP contribution in [0.4, 0.5) is 11.8 Å². The van der Waals surface area contributed by atoms with E-state index in [1.807, 2.05) is 0 Å². The van der Waals surface area contributed by atoms with Crippen molar-refractivity contribution in [2.75, 3.05) is 17.7 Å². The van der Waals surface area contributed by atoms with E-state index in [1.54, 1.807) is 32.2 Å². The number of nitrogens with one attached hydrogen (secondary N) is 2. The molecule has 7 heteroatoms. The molecule has 2 rings (SSSR count). The molecule has 0 aliphatic heterocycles. The van der Waals surface area contributed by atoms with Crippen molar-refractivity contribution < 1.29 is 9.32 Å². The highest BCUT2D eigenvalue weighted by Gasteiger charge is 2.11. The number of aromatic nitrogens is 3. The molecule has 0 fully saturated rings. The van der Waals surface area contributed by atoms with Gasteiger partial charge in [-0.2, -0.15) is 4.98 Å². The molecule has 0 unspecified atom stereocenters. The first kappa shape index (κ1) is 11.1. The number of pyridine rings is 1. The molecule has 0 saturated carbocycles. The monoisotopic (exact) mass is 233 g/mol. The van der Waals surface area contributed by atoms with Crippen LogP contribution in [-0.2, 0) is 0 Å². The predicted octanol–water partition coefficient (Wildman–Crippen LogP) is 1.07. The minimum atomic E-state index is -0.397. The van der Waals surface area contributed by atoms with Gasteiger partial charge in [0.25, 0.3) is 5.91 Å². The Bertz CT molecular complexity index is 537. The maximum atomic E-state index is 11.8. The number of anilines is 2. The van der Waals surface area contributed by atoms with Gasteiger partial charge in [-0.15, -0.1) is 0 Å². The average Bonchev–Trinajstić information content (AvgIpc) is 2.75. The Morgan fingerprint density at radius 1 is 1.35 bits per heavy atom. The molecule has 2 aromatic heterocycles. The molecule has 0 radical (unpaired) electrons. The normalized spacial score (nSPS) is 10.0. The van der Waals surface area contributed by atoms with Crippen LogP contribution in [0.15, 0.2) is 22.7 Å². The molecule has 0 atom stereocenters. The van der Waals surface area contributed by atoms with Crippen LogP contribution in [0, 0.1) is 6.92 Å². The zero-order valence-corrected chi connectivity index (χ0v) is 9.39. The van der Waals surface area contributed by atoms with Crippen molar-refractivity contribution in [3.8, 4) is 0 Å². The number of nitrogens with zero attached hydrogens (tertiary/aromatic N) is 3. The molecule has 2 heterocycles. The predicted molar refractivity (Wildman–Crippen MR) is 60.8 cm³/mol. The van der Waals surface area contributed by atoms with E-state index in [0.29, 0.717) is 11.6 Å². The Morgan fingerprint density at radius 3 is 2.82 bits per heavy atom. The van der Waals surface area contributed by atoms with Crippen molar-refractivity contribution in [3.05, 3.63) is 29.7 Å². The van der Waals surface area contributed by atoms with E-state index >= 15 is 0 Å². The molecule has 88 valence electrons. The van der Waals surface area contributed by atoms with Gasteiger partial charge in [0.15, 0.2) is 5.82 Å². The third-order valence-corrected chi connectivity index (χ3v) is 1.99. The SMILES string of the molecule is CNc1cccc(C(=O)Nc2nc(C)no2)n1. The van der Waals surface area contributed by atoms with Crippen LogP contribution in [0.2, 0.25) is 0 Å². The van der Waals surface area contributed by atoms with Gasteiger partial charge in [-0.05, 0) is 19.1 Å². The van der Waals surface area contributed by atoms with Crippen molar-refractivity contribution >= 4 is 17.7 Å². The summed E-state index contributed by atoms with van der Waals surface area (Å²) in [5, 5.41) is 8.87. The van der Waals surface area contributed by atoms with Crippen LogP contribution in [-0.4, -0.2) is 28.1 Å².